The van der Waals surface area contributed by atoms with Crippen LogP contribution in [-0.4, -0.2) is 19.8 Å². The van der Waals surface area contributed by atoms with E-state index in [4.69, 9.17) is 13.6 Å². The summed E-state index contributed by atoms with van der Waals surface area (Å²) in [6, 6.07) is 10.3. The van der Waals surface area contributed by atoms with Crippen molar-refractivity contribution in [3.63, 3.8) is 0 Å². The number of rotatable bonds is 6. The number of aryl methyl sites for hydroxylation is 1. The molecule has 0 bridgehead atoms. The maximum absolute atomic E-state index is 5.14. The number of hydrogen-bond donors (Lipinski definition) is 0. The minimum atomic E-state index is -1.06. The minimum absolute atomic E-state index is 0.645. The standard InChI is InChI=1S/C7H8.C6H15O3P/c1-7-5-3-2-4-6-7;1-4-7-10(8-5-2)9-6-3/h2-6H,1H3;4-6H2,1-3H3. The van der Waals surface area contributed by atoms with E-state index in [0.717, 1.165) is 0 Å². The molecule has 98 valence electrons. The molecule has 0 aliphatic rings. The number of hydrogen-bond acceptors (Lipinski definition) is 3. The van der Waals surface area contributed by atoms with E-state index in [0.29, 0.717) is 19.8 Å². The molecule has 17 heavy (non-hydrogen) atoms. The van der Waals surface area contributed by atoms with Gasteiger partial charge in [-0.05, 0) is 27.7 Å². The summed E-state index contributed by atoms with van der Waals surface area (Å²) < 4.78 is 15.4. The van der Waals surface area contributed by atoms with E-state index < -0.39 is 8.60 Å². The highest BCUT2D eigenvalue weighted by molar-refractivity contribution is 7.41. The first-order valence-electron chi connectivity index (χ1n) is 5.95. The average Bonchev–Trinajstić information content (AvgIpc) is 2.32. The van der Waals surface area contributed by atoms with Gasteiger partial charge in [0.15, 0.2) is 0 Å². The topological polar surface area (TPSA) is 27.7 Å². The molecule has 0 radical (unpaired) electrons. The fourth-order valence-corrected chi connectivity index (χ4v) is 1.82. The highest BCUT2D eigenvalue weighted by atomic mass is 31.2. The van der Waals surface area contributed by atoms with E-state index in [1.54, 1.807) is 0 Å². The van der Waals surface area contributed by atoms with Crippen LogP contribution in [0.15, 0.2) is 30.3 Å². The van der Waals surface area contributed by atoms with Crippen LogP contribution < -0.4 is 0 Å². The monoisotopic (exact) mass is 258 g/mol. The van der Waals surface area contributed by atoms with Crippen LogP contribution in [0.25, 0.3) is 0 Å². The Hall–Kier alpha value is -0.470. The second kappa shape index (κ2) is 12.0. The maximum Gasteiger partial charge on any atom is 0.332 e. The van der Waals surface area contributed by atoms with Gasteiger partial charge in [0, 0.05) is 0 Å². The van der Waals surface area contributed by atoms with Gasteiger partial charge in [0.05, 0.1) is 19.8 Å². The SMILES string of the molecule is CCOP(OCC)OCC.Cc1ccccc1. The quantitative estimate of drug-likeness (QED) is 0.711. The van der Waals surface area contributed by atoms with Crippen molar-refractivity contribution in [3.05, 3.63) is 35.9 Å². The van der Waals surface area contributed by atoms with Crippen LogP contribution in [0.4, 0.5) is 0 Å². The first kappa shape index (κ1) is 16.5. The molecular formula is C13H23O3P. The van der Waals surface area contributed by atoms with E-state index in [1.165, 1.54) is 5.56 Å². The summed E-state index contributed by atoms with van der Waals surface area (Å²) in [5.74, 6) is 0. The Morgan fingerprint density at radius 2 is 1.24 bits per heavy atom. The minimum Gasteiger partial charge on any atom is -0.313 e. The highest BCUT2D eigenvalue weighted by Crippen LogP contribution is 2.38. The molecule has 0 atom stereocenters. The van der Waals surface area contributed by atoms with Crippen molar-refractivity contribution in [2.45, 2.75) is 27.7 Å². The van der Waals surface area contributed by atoms with Gasteiger partial charge in [0.1, 0.15) is 0 Å². The summed E-state index contributed by atoms with van der Waals surface area (Å²) in [5.41, 5.74) is 1.32. The van der Waals surface area contributed by atoms with Gasteiger partial charge >= 0.3 is 8.60 Å². The Labute approximate surface area is 106 Å². The van der Waals surface area contributed by atoms with E-state index in [1.807, 2.05) is 39.0 Å². The highest BCUT2D eigenvalue weighted by Gasteiger charge is 2.07. The predicted molar refractivity (Wildman–Crippen MR) is 73.0 cm³/mol. The third-order valence-corrected chi connectivity index (χ3v) is 3.05. The molecule has 4 heteroatoms. The summed E-state index contributed by atoms with van der Waals surface area (Å²) >= 11 is 0. The maximum atomic E-state index is 5.14. The molecule has 0 heterocycles. The van der Waals surface area contributed by atoms with Gasteiger partial charge in [0.25, 0.3) is 0 Å². The summed E-state index contributed by atoms with van der Waals surface area (Å²) in [5, 5.41) is 0. The van der Waals surface area contributed by atoms with Crippen LogP contribution in [0.1, 0.15) is 26.3 Å². The molecule has 3 nitrogen and oxygen atoms in total. The van der Waals surface area contributed by atoms with Crippen molar-refractivity contribution in [1.82, 2.24) is 0 Å². The zero-order valence-electron chi connectivity index (χ0n) is 11.2. The molecule has 1 aromatic rings. The molecule has 0 unspecified atom stereocenters. The van der Waals surface area contributed by atoms with E-state index in [9.17, 15) is 0 Å². The lowest BCUT2D eigenvalue weighted by Gasteiger charge is -2.12. The van der Waals surface area contributed by atoms with Gasteiger partial charge in [-0.25, -0.2) is 0 Å². The van der Waals surface area contributed by atoms with Crippen LogP contribution in [0, 0.1) is 6.92 Å². The summed E-state index contributed by atoms with van der Waals surface area (Å²) in [4.78, 5) is 0. The van der Waals surface area contributed by atoms with Gasteiger partial charge < -0.3 is 13.6 Å². The van der Waals surface area contributed by atoms with Crippen LogP contribution in [0.2, 0.25) is 0 Å². The van der Waals surface area contributed by atoms with Crippen LogP contribution in [-0.2, 0) is 13.6 Å². The lowest BCUT2D eigenvalue weighted by Crippen LogP contribution is -1.94. The van der Waals surface area contributed by atoms with Crippen molar-refractivity contribution < 1.29 is 13.6 Å². The third kappa shape index (κ3) is 10.4. The van der Waals surface area contributed by atoms with Crippen molar-refractivity contribution in [3.8, 4) is 0 Å². The van der Waals surface area contributed by atoms with Crippen molar-refractivity contribution in [1.29, 1.82) is 0 Å². The van der Waals surface area contributed by atoms with E-state index in [2.05, 4.69) is 19.1 Å². The summed E-state index contributed by atoms with van der Waals surface area (Å²) in [6.07, 6.45) is 0. The average molecular weight is 258 g/mol. The summed E-state index contributed by atoms with van der Waals surface area (Å²) in [6.45, 7) is 9.79. The lowest BCUT2D eigenvalue weighted by molar-refractivity contribution is 0.176. The molecule has 0 aromatic heterocycles. The van der Waals surface area contributed by atoms with Crippen molar-refractivity contribution in [2.24, 2.45) is 0 Å². The zero-order valence-corrected chi connectivity index (χ0v) is 12.1. The van der Waals surface area contributed by atoms with E-state index in [-0.39, 0.29) is 0 Å². The molecule has 1 rings (SSSR count). The van der Waals surface area contributed by atoms with Gasteiger partial charge in [-0.15, -0.1) is 0 Å². The van der Waals surface area contributed by atoms with Crippen LogP contribution in [0.5, 0.6) is 0 Å². The number of benzene rings is 1. The summed E-state index contributed by atoms with van der Waals surface area (Å²) in [7, 11) is -1.06. The molecule has 0 saturated heterocycles. The van der Waals surface area contributed by atoms with Crippen LogP contribution >= 0.6 is 8.60 Å². The van der Waals surface area contributed by atoms with Gasteiger partial charge in [-0.2, -0.15) is 0 Å². The van der Waals surface area contributed by atoms with Gasteiger partial charge in [-0.3, -0.25) is 0 Å². The fourth-order valence-electron chi connectivity index (χ4n) is 0.962. The van der Waals surface area contributed by atoms with Gasteiger partial charge in [0.2, 0.25) is 0 Å². The molecule has 0 aliphatic carbocycles. The van der Waals surface area contributed by atoms with Crippen LogP contribution in [0.3, 0.4) is 0 Å². The second-order valence-corrected chi connectivity index (χ2v) is 4.35. The molecule has 0 spiro atoms. The largest absolute Gasteiger partial charge is 0.332 e. The fraction of sp³-hybridized carbons (Fsp3) is 0.538. The lowest BCUT2D eigenvalue weighted by atomic mass is 10.2. The Morgan fingerprint density at radius 3 is 1.47 bits per heavy atom. The Morgan fingerprint density at radius 1 is 0.824 bits per heavy atom. The Balaban J connectivity index is 0.000000318. The molecule has 0 fully saturated rings. The molecule has 0 amide bonds. The normalized spacial score (nSPS) is 9.94. The predicted octanol–water partition coefficient (Wildman–Crippen LogP) is 4.32. The molecular weight excluding hydrogens is 235 g/mol. The second-order valence-electron chi connectivity index (χ2n) is 3.13. The molecule has 0 aliphatic heterocycles. The zero-order chi connectivity index (χ0) is 12.9. The Kier molecular flexibility index (Phi) is 11.7. The smallest absolute Gasteiger partial charge is 0.313 e. The first-order chi connectivity index (χ1) is 8.24. The van der Waals surface area contributed by atoms with Crippen molar-refractivity contribution >= 4 is 8.60 Å². The Bertz CT molecular complexity index is 240. The molecule has 1 aromatic carbocycles. The van der Waals surface area contributed by atoms with Gasteiger partial charge in [-0.1, -0.05) is 35.9 Å². The van der Waals surface area contributed by atoms with Crippen molar-refractivity contribution in [2.75, 3.05) is 19.8 Å². The third-order valence-electron chi connectivity index (χ3n) is 1.64. The molecule has 0 saturated carbocycles. The first-order valence-corrected chi connectivity index (χ1v) is 7.04. The molecule has 0 N–H and O–H groups in total. The van der Waals surface area contributed by atoms with E-state index >= 15 is 0 Å².